The number of hydrogen-bond donors (Lipinski definition) is 2. The van der Waals surface area contributed by atoms with E-state index in [-0.39, 0.29) is 17.7 Å². The summed E-state index contributed by atoms with van der Waals surface area (Å²) in [6, 6.07) is 14.2. The molecule has 0 saturated carbocycles. The Balaban J connectivity index is 1.65. The minimum absolute atomic E-state index is 0.0647. The van der Waals surface area contributed by atoms with Crippen molar-refractivity contribution in [2.24, 2.45) is 5.92 Å². The van der Waals surface area contributed by atoms with Crippen LogP contribution in [0.5, 0.6) is 5.75 Å². The maximum atomic E-state index is 13.1. The van der Waals surface area contributed by atoms with Crippen molar-refractivity contribution in [3.8, 4) is 16.3 Å². The lowest BCUT2D eigenvalue weighted by Gasteiger charge is -2.23. The van der Waals surface area contributed by atoms with Crippen molar-refractivity contribution < 1.29 is 14.3 Å². The first-order valence-electron chi connectivity index (χ1n) is 11.7. The van der Waals surface area contributed by atoms with Crippen LogP contribution < -0.4 is 15.4 Å². The van der Waals surface area contributed by atoms with Gasteiger partial charge in [0.15, 0.2) is 0 Å². The van der Waals surface area contributed by atoms with E-state index in [2.05, 4.69) is 27.8 Å². The molecular formula is C26H32N4O3S. The Morgan fingerprint density at radius 2 is 1.74 bits per heavy atom. The number of anilines is 1. The summed E-state index contributed by atoms with van der Waals surface area (Å²) in [5.41, 5.74) is 2.58. The first-order chi connectivity index (χ1) is 16.4. The third-order valence-electron chi connectivity index (χ3n) is 5.62. The number of aromatic nitrogens is 2. The number of hydrogen-bond acceptors (Lipinski definition) is 6. The molecule has 180 valence electrons. The lowest BCUT2D eigenvalue weighted by molar-refractivity contribution is -0.119. The Morgan fingerprint density at radius 3 is 2.38 bits per heavy atom. The van der Waals surface area contributed by atoms with E-state index in [0.717, 1.165) is 41.1 Å². The highest BCUT2D eigenvalue weighted by Crippen LogP contribution is 2.27. The van der Waals surface area contributed by atoms with E-state index < -0.39 is 6.04 Å². The first kappa shape index (κ1) is 25.4. The van der Waals surface area contributed by atoms with Gasteiger partial charge in [-0.15, -0.1) is 10.2 Å². The average Bonchev–Trinajstić information content (AvgIpc) is 3.31. The summed E-state index contributed by atoms with van der Waals surface area (Å²) in [6.45, 7) is 8.70. The van der Waals surface area contributed by atoms with E-state index in [9.17, 15) is 9.59 Å². The molecular weight excluding hydrogens is 448 g/mol. The molecule has 0 saturated heterocycles. The van der Waals surface area contributed by atoms with E-state index in [1.54, 1.807) is 24.3 Å². The first-order valence-corrected chi connectivity index (χ1v) is 12.5. The van der Waals surface area contributed by atoms with Crippen molar-refractivity contribution in [2.75, 3.05) is 11.9 Å². The van der Waals surface area contributed by atoms with E-state index in [4.69, 9.17) is 4.74 Å². The molecule has 0 spiro atoms. The van der Waals surface area contributed by atoms with Crippen molar-refractivity contribution >= 4 is 28.3 Å². The molecule has 0 aliphatic heterocycles. The SMILES string of the molecule is CCCCOc1ccc(C(=O)N[C@@H](C(=O)Nc2nnc(-c3ccc(C)cc3)s2)[C@H](C)CC)cc1. The Kier molecular flexibility index (Phi) is 9.16. The molecule has 7 nitrogen and oxygen atoms in total. The molecule has 3 aromatic rings. The fourth-order valence-corrected chi connectivity index (χ4v) is 3.99. The minimum atomic E-state index is -0.704. The van der Waals surface area contributed by atoms with Crippen LogP contribution in [0.25, 0.3) is 10.6 Å². The zero-order valence-electron chi connectivity index (χ0n) is 20.1. The topological polar surface area (TPSA) is 93.2 Å². The molecule has 2 N–H and O–H groups in total. The van der Waals surface area contributed by atoms with Crippen LogP contribution in [0.2, 0.25) is 0 Å². The maximum absolute atomic E-state index is 13.1. The summed E-state index contributed by atoms with van der Waals surface area (Å²) in [4.78, 5) is 25.9. The van der Waals surface area contributed by atoms with Gasteiger partial charge in [0.05, 0.1) is 6.61 Å². The van der Waals surface area contributed by atoms with Gasteiger partial charge in [-0.3, -0.25) is 14.9 Å². The van der Waals surface area contributed by atoms with Gasteiger partial charge < -0.3 is 10.1 Å². The number of nitrogens with zero attached hydrogens (tertiary/aromatic N) is 2. The fraction of sp³-hybridized carbons (Fsp3) is 0.385. The Hall–Kier alpha value is -3.26. The summed E-state index contributed by atoms with van der Waals surface area (Å²) in [7, 11) is 0. The Morgan fingerprint density at radius 1 is 1.03 bits per heavy atom. The summed E-state index contributed by atoms with van der Waals surface area (Å²) in [6.07, 6.45) is 2.77. The van der Waals surface area contributed by atoms with Gasteiger partial charge in [0.25, 0.3) is 5.91 Å². The summed E-state index contributed by atoms with van der Waals surface area (Å²) in [5, 5.41) is 15.1. The van der Waals surface area contributed by atoms with Crippen LogP contribution in [-0.2, 0) is 4.79 Å². The molecule has 0 unspecified atom stereocenters. The molecule has 34 heavy (non-hydrogen) atoms. The standard InChI is InChI=1S/C26H32N4O3S/c1-5-7-16-33-21-14-12-19(13-15-21)23(31)27-22(18(4)6-2)24(32)28-26-30-29-25(34-26)20-10-8-17(3)9-11-20/h8-15,18,22H,5-7,16H2,1-4H3,(H,27,31)(H,28,30,32)/t18-,22-/m1/s1. The molecule has 0 aliphatic carbocycles. The number of carbonyl (C=O) groups excluding carboxylic acids is 2. The van der Waals surface area contributed by atoms with E-state index in [1.165, 1.54) is 11.3 Å². The number of rotatable bonds is 11. The second kappa shape index (κ2) is 12.3. The molecule has 0 bridgehead atoms. The predicted octanol–water partition coefficient (Wildman–Crippen LogP) is 5.48. The zero-order valence-corrected chi connectivity index (χ0v) is 20.9. The average molecular weight is 481 g/mol. The number of aryl methyl sites for hydroxylation is 1. The molecule has 0 radical (unpaired) electrons. The normalized spacial score (nSPS) is 12.6. The van der Waals surface area contributed by atoms with Gasteiger partial charge in [0.1, 0.15) is 16.8 Å². The van der Waals surface area contributed by atoms with Crippen LogP contribution in [0.1, 0.15) is 56.0 Å². The second-order valence-corrected chi connectivity index (χ2v) is 9.31. The van der Waals surface area contributed by atoms with Gasteiger partial charge in [0, 0.05) is 11.1 Å². The van der Waals surface area contributed by atoms with E-state index in [0.29, 0.717) is 17.3 Å². The van der Waals surface area contributed by atoms with Crippen molar-refractivity contribution in [1.82, 2.24) is 15.5 Å². The molecule has 1 aromatic heterocycles. The van der Waals surface area contributed by atoms with Crippen LogP contribution in [0.4, 0.5) is 5.13 Å². The van der Waals surface area contributed by atoms with Crippen LogP contribution in [0.15, 0.2) is 48.5 Å². The lowest BCUT2D eigenvalue weighted by Crippen LogP contribution is -2.47. The van der Waals surface area contributed by atoms with Crippen molar-refractivity contribution in [2.45, 2.75) is 53.0 Å². The summed E-state index contributed by atoms with van der Waals surface area (Å²) < 4.78 is 5.65. The maximum Gasteiger partial charge on any atom is 0.251 e. The monoisotopic (exact) mass is 480 g/mol. The number of unbranched alkanes of at least 4 members (excludes halogenated alkanes) is 1. The van der Waals surface area contributed by atoms with Crippen LogP contribution in [0, 0.1) is 12.8 Å². The molecule has 3 rings (SSSR count). The zero-order chi connectivity index (χ0) is 24.5. The number of amides is 2. The van der Waals surface area contributed by atoms with Gasteiger partial charge in [0.2, 0.25) is 11.0 Å². The fourth-order valence-electron chi connectivity index (χ4n) is 3.23. The van der Waals surface area contributed by atoms with Crippen molar-refractivity contribution in [3.63, 3.8) is 0 Å². The summed E-state index contributed by atoms with van der Waals surface area (Å²) in [5.74, 6) is 0.0407. The second-order valence-electron chi connectivity index (χ2n) is 8.33. The highest BCUT2D eigenvalue weighted by molar-refractivity contribution is 7.18. The largest absolute Gasteiger partial charge is 0.494 e. The highest BCUT2D eigenvalue weighted by Gasteiger charge is 2.27. The molecule has 0 fully saturated rings. The number of nitrogens with one attached hydrogen (secondary N) is 2. The molecule has 2 amide bonds. The summed E-state index contributed by atoms with van der Waals surface area (Å²) >= 11 is 1.30. The molecule has 2 atom stereocenters. The van der Waals surface area contributed by atoms with Crippen LogP contribution in [-0.4, -0.2) is 34.7 Å². The molecule has 1 heterocycles. The van der Waals surface area contributed by atoms with Gasteiger partial charge >= 0.3 is 0 Å². The molecule has 2 aromatic carbocycles. The van der Waals surface area contributed by atoms with Crippen LogP contribution >= 0.6 is 11.3 Å². The van der Waals surface area contributed by atoms with Gasteiger partial charge in [-0.1, -0.05) is 74.8 Å². The lowest BCUT2D eigenvalue weighted by atomic mass is 9.98. The van der Waals surface area contributed by atoms with E-state index in [1.807, 2.05) is 45.0 Å². The van der Waals surface area contributed by atoms with Gasteiger partial charge in [-0.25, -0.2) is 0 Å². The third-order valence-corrected chi connectivity index (χ3v) is 6.51. The number of benzene rings is 2. The predicted molar refractivity (Wildman–Crippen MR) is 136 cm³/mol. The Bertz CT molecular complexity index is 1080. The van der Waals surface area contributed by atoms with Gasteiger partial charge in [-0.2, -0.15) is 0 Å². The van der Waals surface area contributed by atoms with E-state index >= 15 is 0 Å². The molecule has 0 aliphatic rings. The molecule has 8 heteroatoms. The van der Waals surface area contributed by atoms with Crippen molar-refractivity contribution in [1.29, 1.82) is 0 Å². The van der Waals surface area contributed by atoms with Crippen LogP contribution in [0.3, 0.4) is 0 Å². The van der Waals surface area contributed by atoms with Gasteiger partial charge in [-0.05, 0) is 43.5 Å². The third kappa shape index (κ3) is 6.87. The van der Waals surface area contributed by atoms with Crippen molar-refractivity contribution in [3.05, 3.63) is 59.7 Å². The highest BCUT2D eigenvalue weighted by atomic mass is 32.1. The Labute approximate surface area is 205 Å². The minimum Gasteiger partial charge on any atom is -0.494 e. The number of ether oxygens (including phenoxy) is 1. The smallest absolute Gasteiger partial charge is 0.251 e. The quantitative estimate of drug-likeness (QED) is 0.355. The number of carbonyl (C=O) groups is 2.